The summed E-state index contributed by atoms with van der Waals surface area (Å²) >= 11 is 5.98. The number of methoxy groups -OCH3 is 1. The minimum atomic E-state index is -3.74. The summed E-state index contributed by atoms with van der Waals surface area (Å²) in [5, 5.41) is 0.338. The van der Waals surface area contributed by atoms with E-state index in [1.54, 1.807) is 24.4 Å². The van der Waals surface area contributed by atoms with Crippen molar-refractivity contribution < 1.29 is 17.9 Å². The van der Waals surface area contributed by atoms with Gasteiger partial charge in [0, 0.05) is 23.8 Å². The molecule has 0 saturated carbocycles. The van der Waals surface area contributed by atoms with Crippen LogP contribution in [0.3, 0.4) is 0 Å². The molecule has 1 aromatic carbocycles. The molecule has 1 fully saturated rings. The van der Waals surface area contributed by atoms with Crippen LogP contribution in [0.4, 0.5) is 0 Å². The Morgan fingerprint density at radius 1 is 1.32 bits per heavy atom. The summed E-state index contributed by atoms with van der Waals surface area (Å²) in [6.07, 6.45) is 4.14. The van der Waals surface area contributed by atoms with E-state index in [1.807, 2.05) is 0 Å². The molecule has 1 saturated heterocycles. The molecule has 9 heteroatoms. The predicted octanol–water partition coefficient (Wildman–Crippen LogP) is 2.37. The van der Waals surface area contributed by atoms with E-state index < -0.39 is 10.0 Å². The summed E-state index contributed by atoms with van der Waals surface area (Å²) in [5.41, 5.74) is 0. The van der Waals surface area contributed by atoms with Gasteiger partial charge in [-0.3, -0.25) is 0 Å². The van der Waals surface area contributed by atoms with Crippen LogP contribution in [-0.4, -0.2) is 49.0 Å². The summed E-state index contributed by atoms with van der Waals surface area (Å²) < 4.78 is 38.4. The summed E-state index contributed by atoms with van der Waals surface area (Å²) in [5.74, 6) is 0.697. The van der Waals surface area contributed by atoms with Crippen molar-refractivity contribution in [1.29, 1.82) is 0 Å². The number of nitrogens with zero attached hydrogens (tertiary/aromatic N) is 3. The van der Waals surface area contributed by atoms with Gasteiger partial charge in [-0.1, -0.05) is 11.6 Å². The second-order valence-corrected chi connectivity index (χ2v) is 7.93. The molecule has 1 atom stereocenters. The van der Waals surface area contributed by atoms with Gasteiger partial charge in [-0.25, -0.2) is 18.4 Å². The van der Waals surface area contributed by atoms with Crippen molar-refractivity contribution in [3.8, 4) is 11.6 Å². The van der Waals surface area contributed by atoms with Gasteiger partial charge < -0.3 is 9.47 Å². The van der Waals surface area contributed by atoms with E-state index in [9.17, 15) is 8.42 Å². The van der Waals surface area contributed by atoms with Crippen molar-refractivity contribution in [2.75, 3.05) is 20.2 Å². The lowest BCUT2D eigenvalue weighted by atomic mass is 10.1. The number of rotatable bonds is 5. The van der Waals surface area contributed by atoms with E-state index in [-0.39, 0.29) is 23.3 Å². The third kappa shape index (κ3) is 4.02. The van der Waals surface area contributed by atoms with Crippen LogP contribution in [0.2, 0.25) is 5.02 Å². The number of aromatic nitrogens is 2. The van der Waals surface area contributed by atoms with E-state index >= 15 is 0 Å². The monoisotopic (exact) mass is 383 g/mol. The van der Waals surface area contributed by atoms with Gasteiger partial charge in [-0.15, -0.1) is 0 Å². The Bertz CT molecular complexity index is 833. The van der Waals surface area contributed by atoms with Crippen LogP contribution in [0.15, 0.2) is 41.7 Å². The number of ether oxygens (including phenoxy) is 2. The van der Waals surface area contributed by atoms with Crippen LogP contribution in [0, 0.1) is 0 Å². The fourth-order valence-corrected chi connectivity index (χ4v) is 4.66. The van der Waals surface area contributed by atoms with Crippen LogP contribution < -0.4 is 9.47 Å². The van der Waals surface area contributed by atoms with Crippen molar-refractivity contribution in [2.45, 2.75) is 23.8 Å². The first-order valence-corrected chi connectivity index (χ1v) is 9.59. The van der Waals surface area contributed by atoms with Crippen LogP contribution >= 0.6 is 11.6 Å². The van der Waals surface area contributed by atoms with Crippen molar-refractivity contribution in [2.24, 2.45) is 0 Å². The molecule has 0 spiro atoms. The van der Waals surface area contributed by atoms with Gasteiger partial charge >= 0.3 is 0 Å². The third-order valence-corrected chi connectivity index (χ3v) is 6.05. The maximum Gasteiger partial charge on any atom is 0.246 e. The quantitative estimate of drug-likeness (QED) is 0.788. The number of sulfonamides is 1. The van der Waals surface area contributed by atoms with E-state index in [2.05, 4.69) is 9.97 Å². The average molecular weight is 384 g/mol. The van der Waals surface area contributed by atoms with Crippen molar-refractivity contribution >= 4 is 21.6 Å². The molecule has 0 amide bonds. The standard InChI is InChI=1S/C16H18ClN3O4S/c1-23-14-5-4-12(17)9-15(14)25(21,22)20-8-2-3-13(10-20)24-16-6-7-18-11-19-16/h4-7,9,11,13H,2-3,8,10H2,1H3/t13-/m0/s1. The highest BCUT2D eigenvalue weighted by Gasteiger charge is 2.33. The predicted molar refractivity (Wildman–Crippen MR) is 92.4 cm³/mol. The second kappa shape index (κ2) is 7.55. The molecule has 2 heterocycles. The van der Waals surface area contributed by atoms with E-state index in [0.717, 1.165) is 6.42 Å². The molecule has 7 nitrogen and oxygen atoms in total. The van der Waals surface area contributed by atoms with Gasteiger partial charge in [0.25, 0.3) is 0 Å². The van der Waals surface area contributed by atoms with Crippen molar-refractivity contribution in [3.63, 3.8) is 0 Å². The SMILES string of the molecule is COc1ccc(Cl)cc1S(=O)(=O)N1CCC[C@H](Oc2ccncn2)C1. The Labute approximate surface area is 151 Å². The second-order valence-electron chi connectivity index (χ2n) is 5.59. The molecule has 1 aliphatic rings. The third-order valence-electron chi connectivity index (χ3n) is 3.93. The van der Waals surface area contributed by atoms with Crippen LogP contribution in [-0.2, 0) is 10.0 Å². The Hall–Kier alpha value is -1.90. The minimum absolute atomic E-state index is 0.0604. The van der Waals surface area contributed by atoms with E-state index in [1.165, 1.54) is 23.8 Å². The number of piperidine rings is 1. The molecule has 0 bridgehead atoms. The van der Waals surface area contributed by atoms with Gasteiger partial charge in [-0.2, -0.15) is 4.31 Å². The maximum absolute atomic E-state index is 13.0. The molecule has 3 rings (SSSR count). The van der Waals surface area contributed by atoms with E-state index in [0.29, 0.717) is 23.9 Å². The van der Waals surface area contributed by atoms with E-state index in [4.69, 9.17) is 21.1 Å². The molecule has 2 aromatic rings. The first kappa shape index (κ1) is 17.9. The van der Waals surface area contributed by atoms with Crippen molar-refractivity contribution in [1.82, 2.24) is 14.3 Å². The van der Waals surface area contributed by atoms with Crippen molar-refractivity contribution in [3.05, 3.63) is 41.8 Å². The molecule has 1 aliphatic heterocycles. The lowest BCUT2D eigenvalue weighted by molar-refractivity contribution is 0.124. The lowest BCUT2D eigenvalue weighted by Crippen LogP contribution is -2.44. The van der Waals surface area contributed by atoms with Crippen LogP contribution in [0.1, 0.15) is 12.8 Å². The highest BCUT2D eigenvalue weighted by molar-refractivity contribution is 7.89. The number of hydrogen-bond acceptors (Lipinski definition) is 6. The smallest absolute Gasteiger partial charge is 0.246 e. The van der Waals surface area contributed by atoms with Gasteiger partial charge in [0.05, 0.1) is 13.7 Å². The van der Waals surface area contributed by atoms with Crippen LogP contribution in [0.25, 0.3) is 0 Å². The topological polar surface area (TPSA) is 81.6 Å². The fourth-order valence-electron chi connectivity index (χ4n) is 2.73. The lowest BCUT2D eigenvalue weighted by Gasteiger charge is -2.32. The Morgan fingerprint density at radius 3 is 2.88 bits per heavy atom. The normalized spacial score (nSPS) is 18.7. The first-order valence-electron chi connectivity index (χ1n) is 7.77. The Kier molecular flexibility index (Phi) is 5.41. The molecular weight excluding hydrogens is 366 g/mol. The zero-order chi connectivity index (χ0) is 17.9. The molecule has 0 N–H and O–H groups in total. The molecule has 1 aromatic heterocycles. The maximum atomic E-state index is 13.0. The van der Waals surface area contributed by atoms with Gasteiger partial charge in [-0.05, 0) is 31.0 Å². The molecule has 0 unspecified atom stereocenters. The average Bonchev–Trinajstić information content (AvgIpc) is 2.63. The van der Waals surface area contributed by atoms with Crippen LogP contribution in [0.5, 0.6) is 11.6 Å². The Morgan fingerprint density at radius 2 is 2.16 bits per heavy atom. The Balaban J connectivity index is 1.81. The molecule has 25 heavy (non-hydrogen) atoms. The summed E-state index contributed by atoms with van der Waals surface area (Å²) in [7, 11) is -2.31. The zero-order valence-electron chi connectivity index (χ0n) is 13.6. The molecule has 0 aliphatic carbocycles. The highest BCUT2D eigenvalue weighted by Crippen LogP contribution is 2.31. The molecule has 0 radical (unpaired) electrons. The largest absolute Gasteiger partial charge is 0.495 e. The zero-order valence-corrected chi connectivity index (χ0v) is 15.2. The highest BCUT2D eigenvalue weighted by atomic mass is 35.5. The number of halogens is 1. The van der Waals surface area contributed by atoms with Gasteiger partial charge in [0.2, 0.25) is 15.9 Å². The summed E-state index contributed by atoms with van der Waals surface area (Å²) in [4.78, 5) is 7.91. The first-order chi connectivity index (χ1) is 12.0. The minimum Gasteiger partial charge on any atom is -0.495 e. The molecule has 134 valence electrons. The van der Waals surface area contributed by atoms with Gasteiger partial charge in [0.1, 0.15) is 23.1 Å². The number of benzene rings is 1. The van der Waals surface area contributed by atoms with Gasteiger partial charge in [0.15, 0.2) is 0 Å². The number of hydrogen-bond donors (Lipinski definition) is 0. The summed E-state index contributed by atoms with van der Waals surface area (Å²) in [6.45, 7) is 0.656. The summed E-state index contributed by atoms with van der Waals surface area (Å²) in [6, 6.07) is 6.20. The molecular formula is C16H18ClN3O4S. The fraction of sp³-hybridized carbons (Fsp3) is 0.375.